The molecule has 0 saturated carbocycles. The molecule has 0 aliphatic rings. The standard InChI is InChI=1S/C39H76NO10P/c1-5-6-7-8-9-10-11-12-15-18-21-24-27-30-38(43)47-34-36(35-49-51(45,46)48-33-32-40(2,3)4)50-39(44)31-28-25-22-19-16-13-14-17-20-23-26-29-37(41)42/h36H,5-35H2,1-4H3,(H-,41,42,45,46)/p+1/t36-/m1/s1. The van der Waals surface area contributed by atoms with Gasteiger partial charge in [0.2, 0.25) is 0 Å². The lowest BCUT2D eigenvalue weighted by molar-refractivity contribution is -0.870. The number of carboxylic acid groups (broad SMARTS) is 1. The van der Waals surface area contributed by atoms with Crippen LogP contribution in [-0.2, 0) is 37.5 Å². The molecule has 0 bridgehead atoms. The van der Waals surface area contributed by atoms with E-state index in [0.29, 0.717) is 17.4 Å². The summed E-state index contributed by atoms with van der Waals surface area (Å²) in [7, 11) is 1.43. The topological polar surface area (TPSA) is 146 Å². The van der Waals surface area contributed by atoms with E-state index in [-0.39, 0.29) is 38.4 Å². The first-order valence-electron chi connectivity index (χ1n) is 20.3. The average molecular weight is 751 g/mol. The number of esters is 2. The van der Waals surface area contributed by atoms with Crippen LogP contribution >= 0.6 is 7.82 Å². The third kappa shape index (κ3) is 38.0. The Labute approximate surface area is 311 Å². The first-order valence-corrected chi connectivity index (χ1v) is 21.8. The number of ether oxygens (including phenoxy) is 2. The molecule has 0 aromatic heterocycles. The van der Waals surface area contributed by atoms with Gasteiger partial charge < -0.3 is 24.0 Å². The van der Waals surface area contributed by atoms with Crippen molar-refractivity contribution in [3.8, 4) is 0 Å². The van der Waals surface area contributed by atoms with Crippen molar-refractivity contribution in [2.75, 3.05) is 47.5 Å². The number of rotatable bonds is 38. The van der Waals surface area contributed by atoms with Gasteiger partial charge in [-0.3, -0.25) is 23.4 Å². The smallest absolute Gasteiger partial charge is 0.472 e. The number of unbranched alkanes of at least 4 members (excludes halogenated alkanes) is 22. The van der Waals surface area contributed by atoms with E-state index in [9.17, 15) is 23.8 Å². The maximum absolute atomic E-state index is 12.6. The van der Waals surface area contributed by atoms with Gasteiger partial charge in [-0.1, -0.05) is 142 Å². The highest BCUT2D eigenvalue weighted by atomic mass is 31.2. The van der Waals surface area contributed by atoms with Crippen molar-refractivity contribution in [3.63, 3.8) is 0 Å². The van der Waals surface area contributed by atoms with E-state index in [0.717, 1.165) is 83.5 Å². The SMILES string of the molecule is CCCCCCCCCCCCCCCC(=O)OC[C@H](COP(=O)(O)OCC[N+](C)(C)C)OC(=O)CCCCCCCCCCCCCC(=O)O. The lowest BCUT2D eigenvalue weighted by Gasteiger charge is -2.24. The molecule has 11 nitrogen and oxygen atoms in total. The maximum Gasteiger partial charge on any atom is 0.472 e. The Bertz CT molecular complexity index is 911. The number of carboxylic acids is 1. The molecule has 0 spiro atoms. The van der Waals surface area contributed by atoms with E-state index in [4.69, 9.17) is 23.6 Å². The number of likely N-dealkylation sites (N-methyl/N-ethyl adjacent to an activating group) is 1. The van der Waals surface area contributed by atoms with Crippen LogP contribution in [0.1, 0.15) is 180 Å². The summed E-state index contributed by atoms with van der Waals surface area (Å²) in [6, 6.07) is 0. The Morgan fingerprint density at radius 2 is 0.961 bits per heavy atom. The van der Waals surface area contributed by atoms with Crippen molar-refractivity contribution in [1.29, 1.82) is 0 Å². The van der Waals surface area contributed by atoms with Crippen LogP contribution in [0.5, 0.6) is 0 Å². The Kier molecular flexibility index (Phi) is 32.1. The zero-order valence-electron chi connectivity index (χ0n) is 33.1. The van der Waals surface area contributed by atoms with E-state index < -0.39 is 32.5 Å². The fourth-order valence-corrected chi connectivity index (χ4v) is 6.43. The number of carbonyl (C=O) groups is 3. The molecule has 0 radical (unpaired) electrons. The van der Waals surface area contributed by atoms with Gasteiger partial charge in [-0.25, -0.2) is 4.57 Å². The first-order chi connectivity index (χ1) is 24.3. The monoisotopic (exact) mass is 751 g/mol. The van der Waals surface area contributed by atoms with Crippen LogP contribution < -0.4 is 0 Å². The van der Waals surface area contributed by atoms with Gasteiger partial charge in [0, 0.05) is 19.3 Å². The summed E-state index contributed by atoms with van der Waals surface area (Å²) in [5.41, 5.74) is 0. The molecule has 1 unspecified atom stereocenters. The predicted octanol–water partition coefficient (Wildman–Crippen LogP) is 9.92. The van der Waals surface area contributed by atoms with Crippen LogP contribution in [0, 0.1) is 0 Å². The van der Waals surface area contributed by atoms with E-state index in [2.05, 4.69) is 6.92 Å². The Balaban J connectivity index is 4.36. The lowest BCUT2D eigenvalue weighted by Crippen LogP contribution is -2.37. The largest absolute Gasteiger partial charge is 0.481 e. The highest BCUT2D eigenvalue weighted by molar-refractivity contribution is 7.47. The lowest BCUT2D eigenvalue weighted by atomic mass is 10.0. The molecule has 0 fully saturated rings. The minimum Gasteiger partial charge on any atom is -0.481 e. The molecule has 0 rings (SSSR count). The van der Waals surface area contributed by atoms with Crippen molar-refractivity contribution in [3.05, 3.63) is 0 Å². The van der Waals surface area contributed by atoms with Gasteiger partial charge in [0.15, 0.2) is 6.10 Å². The van der Waals surface area contributed by atoms with Crippen LogP contribution in [-0.4, -0.2) is 86.0 Å². The first kappa shape index (κ1) is 49.5. The van der Waals surface area contributed by atoms with Crippen LogP contribution in [0.25, 0.3) is 0 Å². The molecule has 0 saturated heterocycles. The highest BCUT2D eigenvalue weighted by Crippen LogP contribution is 2.43. The molecule has 51 heavy (non-hydrogen) atoms. The summed E-state index contributed by atoms with van der Waals surface area (Å²) in [5, 5.41) is 8.68. The number of carbonyl (C=O) groups excluding carboxylic acids is 2. The molecular weight excluding hydrogens is 673 g/mol. The number of hydrogen-bond acceptors (Lipinski definition) is 8. The number of hydrogen-bond donors (Lipinski definition) is 2. The number of phosphoric acid groups is 1. The molecule has 0 aromatic carbocycles. The number of aliphatic carboxylic acids is 1. The molecule has 12 heteroatoms. The summed E-state index contributed by atoms with van der Waals surface area (Å²) >= 11 is 0. The minimum absolute atomic E-state index is 0.0183. The van der Waals surface area contributed by atoms with Crippen molar-refractivity contribution in [2.45, 2.75) is 186 Å². The molecule has 0 aliphatic carbocycles. The average Bonchev–Trinajstić information content (AvgIpc) is 3.05. The second-order valence-electron chi connectivity index (χ2n) is 15.2. The van der Waals surface area contributed by atoms with Crippen LogP contribution in [0.3, 0.4) is 0 Å². The molecule has 0 aromatic rings. The fourth-order valence-electron chi connectivity index (χ4n) is 5.69. The molecule has 2 atom stereocenters. The normalized spacial score (nSPS) is 13.5. The summed E-state index contributed by atoms with van der Waals surface area (Å²) in [6.45, 7) is 2.09. The van der Waals surface area contributed by atoms with Crippen LogP contribution in [0.2, 0.25) is 0 Å². The van der Waals surface area contributed by atoms with Crippen molar-refractivity contribution in [2.24, 2.45) is 0 Å². The highest BCUT2D eigenvalue weighted by Gasteiger charge is 2.27. The van der Waals surface area contributed by atoms with Gasteiger partial charge in [-0.2, -0.15) is 0 Å². The van der Waals surface area contributed by atoms with E-state index in [1.165, 1.54) is 64.2 Å². The Morgan fingerprint density at radius 1 is 0.569 bits per heavy atom. The van der Waals surface area contributed by atoms with Crippen molar-refractivity contribution < 1.29 is 52.0 Å². The molecule has 2 N–H and O–H groups in total. The second kappa shape index (κ2) is 33.1. The summed E-state index contributed by atoms with van der Waals surface area (Å²) in [5.74, 6) is -1.57. The van der Waals surface area contributed by atoms with E-state index >= 15 is 0 Å². The molecule has 0 amide bonds. The van der Waals surface area contributed by atoms with Gasteiger partial charge in [0.25, 0.3) is 0 Å². The molecule has 302 valence electrons. The third-order valence-corrected chi connectivity index (χ3v) is 9.91. The number of quaternary nitrogens is 1. The number of nitrogens with zero attached hydrogens (tertiary/aromatic N) is 1. The molecular formula is C39H77NO10P+. The molecule has 0 aliphatic heterocycles. The summed E-state index contributed by atoms with van der Waals surface area (Å²) in [6.07, 6.45) is 26.6. The predicted molar refractivity (Wildman–Crippen MR) is 203 cm³/mol. The van der Waals surface area contributed by atoms with Gasteiger partial charge in [-0.05, 0) is 19.3 Å². The third-order valence-electron chi connectivity index (χ3n) is 8.92. The van der Waals surface area contributed by atoms with Crippen LogP contribution in [0.15, 0.2) is 0 Å². The number of phosphoric ester groups is 1. The maximum atomic E-state index is 12.6. The van der Waals surface area contributed by atoms with E-state index in [1.54, 1.807) is 0 Å². The van der Waals surface area contributed by atoms with Gasteiger partial charge in [0.05, 0.1) is 27.7 Å². The van der Waals surface area contributed by atoms with Gasteiger partial charge in [0.1, 0.15) is 19.8 Å². The summed E-state index contributed by atoms with van der Waals surface area (Å²) < 4.78 is 34.1. The minimum atomic E-state index is -4.38. The van der Waals surface area contributed by atoms with Crippen molar-refractivity contribution in [1.82, 2.24) is 0 Å². The zero-order chi connectivity index (χ0) is 38.1. The zero-order valence-corrected chi connectivity index (χ0v) is 33.9. The quantitative estimate of drug-likeness (QED) is 0.0271. The van der Waals surface area contributed by atoms with Gasteiger partial charge >= 0.3 is 25.7 Å². The Hall–Kier alpha value is -1.52. The second-order valence-corrected chi connectivity index (χ2v) is 16.6. The van der Waals surface area contributed by atoms with Crippen LogP contribution in [0.4, 0.5) is 0 Å². The van der Waals surface area contributed by atoms with Crippen molar-refractivity contribution >= 4 is 25.7 Å². The summed E-state index contributed by atoms with van der Waals surface area (Å²) in [4.78, 5) is 45.7. The van der Waals surface area contributed by atoms with E-state index in [1.807, 2.05) is 21.1 Å². The Morgan fingerprint density at radius 3 is 1.37 bits per heavy atom. The van der Waals surface area contributed by atoms with Gasteiger partial charge in [-0.15, -0.1) is 0 Å². The molecule has 0 heterocycles. The fraction of sp³-hybridized carbons (Fsp3) is 0.923.